The lowest BCUT2D eigenvalue weighted by Crippen LogP contribution is -2.47. The van der Waals surface area contributed by atoms with Gasteiger partial charge < -0.3 is 9.31 Å². The molecular weight excluding hydrogens is 802 g/mol. The molecule has 0 N–H and O–H groups in total. The molecule has 0 amide bonds. The van der Waals surface area contributed by atoms with E-state index >= 15 is 26.3 Å². The molecule has 0 saturated carbocycles. The summed E-state index contributed by atoms with van der Waals surface area (Å²) in [6, 6.07) is 0. The Morgan fingerprint density at radius 2 is 0.444 bits per heavy atom. The standard InChI is InChI=1S/C30BF21O2/c32-8-1-2(9(33)4-3(8)11(35)18(42)19(43)12(4)36)10(34)17(41)16(40)7(1)31(54-30-27(51)24(48)23(47)25(49)28(30)52)53-29-6-5(14(38)22(46)26(29)50)13(37)20(44)21(45)15(6)39. The van der Waals surface area contributed by atoms with Crippen LogP contribution < -0.4 is 14.8 Å². The number of benzene rings is 6. The molecule has 6 rings (SSSR count). The number of hydrogen-bond acceptors (Lipinski definition) is 2. The highest BCUT2D eigenvalue weighted by molar-refractivity contribution is 6.66. The van der Waals surface area contributed by atoms with E-state index in [0.717, 1.165) is 0 Å². The molecule has 0 aromatic heterocycles. The van der Waals surface area contributed by atoms with E-state index in [1.807, 2.05) is 0 Å². The Labute approximate surface area is 280 Å². The second kappa shape index (κ2) is 12.7. The Balaban J connectivity index is 1.85. The molecule has 0 aliphatic carbocycles. The van der Waals surface area contributed by atoms with E-state index in [1.165, 1.54) is 0 Å². The van der Waals surface area contributed by atoms with Gasteiger partial charge in [-0.1, -0.05) is 0 Å². The van der Waals surface area contributed by atoms with Crippen LogP contribution in [0, 0.1) is 122 Å². The van der Waals surface area contributed by atoms with E-state index in [1.54, 1.807) is 0 Å². The summed E-state index contributed by atoms with van der Waals surface area (Å²) >= 11 is 0. The van der Waals surface area contributed by atoms with Crippen LogP contribution >= 0.6 is 0 Å². The minimum Gasteiger partial charge on any atom is -0.519 e. The maximum atomic E-state index is 16.1. The first-order valence-electron chi connectivity index (χ1n) is 13.4. The average molecular weight is 802 g/mol. The third-order valence-corrected chi connectivity index (χ3v) is 7.66. The first-order valence-corrected chi connectivity index (χ1v) is 13.4. The summed E-state index contributed by atoms with van der Waals surface area (Å²) < 4.78 is 317. The van der Waals surface area contributed by atoms with Crippen molar-refractivity contribution in [2.75, 3.05) is 0 Å². The van der Waals surface area contributed by atoms with Gasteiger partial charge in [-0.25, -0.2) is 79.0 Å². The number of rotatable bonds is 5. The van der Waals surface area contributed by atoms with Crippen molar-refractivity contribution < 1.29 is 102 Å². The molecule has 24 heteroatoms. The summed E-state index contributed by atoms with van der Waals surface area (Å²) in [4.78, 5) is 0. The zero-order chi connectivity index (χ0) is 40.3. The molecule has 6 aromatic carbocycles. The maximum Gasteiger partial charge on any atom is 0.636 e. The third kappa shape index (κ3) is 4.97. The van der Waals surface area contributed by atoms with Crippen LogP contribution in [0.3, 0.4) is 0 Å². The van der Waals surface area contributed by atoms with Crippen molar-refractivity contribution in [2.24, 2.45) is 0 Å². The van der Waals surface area contributed by atoms with Crippen molar-refractivity contribution in [2.45, 2.75) is 0 Å². The molecule has 0 aliphatic heterocycles. The predicted molar refractivity (Wildman–Crippen MR) is 138 cm³/mol. The van der Waals surface area contributed by atoms with Crippen molar-refractivity contribution in [1.29, 1.82) is 0 Å². The highest BCUT2D eigenvalue weighted by Gasteiger charge is 2.44. The summed E-state index contributed by atoms with van der Waals surface area (Å²) in [5.74, 6) is -69.2. The SMILES string of the molecule is Fc1c(F)c(F)c(OB(Oc2c(F)c(F)c(F)c3c(F)c(F)c(F)c(F)c23)c2c(F)c(F)c(F)c3c(F)c4c(F)c(F)c(F)c(F)c4c(F)c23)c(F)c1F. The molecule has 282 valence electrons. The van der Waals surface area contributed by atoms with E-state index in [9.17, 15) is 65.9 Å². The molecule has 0 radical (unpaired) electrons. The van der Waals surface area contributed by atoms with Gasteiger partial charge in [0.05, 0.1) is 32.4 Å². The minimum atomic E-state index is -4.25. The molecule has 0 atom stereocenters. The van der Waals surface area contributed by atoms with Crippen LogP contribution in [0.5, 0.6) is 11.5 Å². The van der Waals surface area contributed by atoms with E-state index in [-0.39, 0.29) is 0 Å². The van der Waals surface area contributed by atoms with Gasteiger partial charge in [-0.15, -0.1) is 0 Å². The number of fused-ring (bicyclic) bond motifs is 3. The van der Waals surface area contributed by atoms with Crippen molar-refractivity contribution in [3.8, 4) is 11.5 Å². The van der Waals surface area contributed by atoms with Gasteiger partial charge in [0.1, 0.15) is 11.6 Å². The fourth-order valence-electron chi connectivity index (χ4n) is 5.25. The molecule has 0 spiro atoms. The molecule has 0 heterocycles. The summed E-state index contributed by atoms with van der Waals surface area (Å²) in [6.07, 6.45) is 0. The Hall–Kier alpha value is -5.71. The van der Waals surface area contributed by atoms with Gasteiger partial charge in [0, 0.05) is 5.39 Å². The van der Waals surface area contributed by atoms with Crippen LogP contribution in [0.4, 0.5) is 92.2 Å². The molecule has 6 aromatic rings. The van der Waals surface area contributed by atoms with Gasteiger partial charge in [0.15, 0.2) is 87.1 Å². The van der Waals surface area contributed by atoms with Crippen LogP contribution in [0.2, 0.25) is 0 Å². The predicted octanol–water partition coefficient (Wildman–Crippen LogP) is 9.92. The summed E-state index contributed by atoms with van der Waals surface area (Å²) in [6.45, 7) is 0. The summed E-state index contributed by atoms with van der Waals surface area (Å²) in [5, 5.41) is -15.0. The fourth-order valence-corrected chi connectivity index (χ4v) is 5.25. The van der Waals surface area contributed by atoms with Crippen LogP contribution in [0.1, 0.15) is 0 Å². The molecular formula is C30BF21O2. The topological polar surface area (TPSA) is 18.5 Å². The Morgan fingerprint density at radius 3 is 0.870 bits per heavy atom. The average Bonchev–Trinajstić information content (AvgIpc) is 3.14. The van der Waals surface area contributed by atoms with Crippen LogP contribution in [0.25, 0.3) is 32.3 Å². The van der Waals surface area contributed by atoms with Gasteiger partial charge in [0.25, 0.3) is 0 Å². The lowest BCUT2D eigenvalue weighted by atomic mass is 9.74. The second-order valence-corrected chi connectivity index (χ2v) is 10.5. The molecule has 0 bridgehead atoms. The number of halogens is 21. The lowest BCUT2D eigenvalue weighted by molar-refractivity contribution is 0.330. The lowest BCUT2D eigenvalue weighted by Gasteiger charge is -2.23. The van der Waals surface area contributed by atoms with Gasteiger partial charge in [-0.2, -0.15) is 13.2 Å². The molecule has 0 fully saturated rings. The van der Waals surface area contributed by atoms with Crippen LogP contribution in [0.15, 0.2) is 0 Å². The normalized spacial score (nSPS) is 11.8. The van der Waals surface area contributed by atoms with E-state index in [2.05, 4.69) is 9.31 Å². The van der Waals surface area contributed by atoms with Gasteiger partial charge in [-0.3, -0.25) is 0 Å². The van der Waals surface area contributed by atoms with E-state index in [4.69, 9.17) is 0 Å². The third-order valence-electron chi connectivity index (χ3n) is 7.66. The van der Waals surface area contributed by atoms with Crippen molar-refractivity contribution in [3.63, 3.8) is 0 Å². The van der Waals surface area contributed by atoms with Crippen molar-refractivity contribution in [3.05, 3.63) is 122 Å². The Kier molecular flexibility index (Phi) is 8.95. The first-order chi connectivity index (χ1) is 25.1. The zero-order valence-corrected chi connectivity index (χ0v) is 24.3. The highest BCUT2D eigenvalue weighted by Crippen LogP contribution is 2.42. The van der Waals surface area contributed by atoms with E-state index in [0.29, 0.717) is 0 Å². The minimum absolute atomic E-state index is 2.42. The highest BCUT2D eigenvalue weighted by atomic mass is 19.2. The quantitative estimate of drug-likeness (QED) is 0.0569. The molecule has 2 nitrogen and oxygen atoms in total. The fraction of sp³-hybridized carbons (Fsp3) is 0. The molecule has 0 aliphatic rings. The van der Waals surface area contributed by atoms with Crippen LogP contribution in [-0.4, -0.2) is 7.12 Å². The van der Waals surface area contributed by atoms with Gasteiger partial charge in [-0.05, 0) is 0 Å². The zero-order valence-electron chi connectivity index (χ0n) is 24.3. The molecule has 0 unspecified atom stereocenters. The summed E-state index contributed by atoms with van der Waals surface area (Å²) in [7, 11) is -4.25. The van der Waals surface area contributed by atoms with E-state index < -0.39 is 179 Å². The Bertz CT molecular complexity index is 2660. The number of hydrogen-bond donors (Lipinski definition) is 0. The van der Waals surface area contributed by atoms with Crippen molar-refractivity contribution >= 4 is 44.9 Å². The second-order valence-electron chi connectivity index (χ2n) is 10.5. The molecule has 54 heavy (non-hydrogen) atoms. The van der Waals surface area contributed by atoms with Crippen LogP contribution in [-0.2, 0) is 0 Å². The summed E-state index contributed by atoms with van der Waals surface area (Å²) in [5.41, 5.74) is -2.71. The smallest absolute Gasteiger partial charge is 0.519 e. The van der Waals surface area contributed by atoms with Gasteiger partial charge >= 0.3 is 7.12 Å². The maximum absolute atomic E-state index is 16.1. The first kappa shape index (κ1) is 38.0. The van der Waals surface area contributed by atoms with Gasteiger partial charge in [0.2, 0.25) is 34.9 Å². The Morgan fingerprint density at radius 1 is 0.204 bits per heavy atom. The largest absolute Gasteiger partial charge is 0.636 e. The monoisotopic (exact) mass is 802 g/mol. The van der Waals surface area contributed by atoms with Crippen molar-refractivity contribution in [1.82, 2.24) is 0 Å². The molecule has 0 saturated heterocycles.